The Hall–Kier alpha value is -0.120. The molecule has 0 fully saturated rings. The Labute approximate surface area is 57.6 Å². The van der Waals surface area contributed by atoms with Gasteiger partial charge in [0.2, 0.25) is 0 Å². The molecule has 0 aromatic heterocycles. The second-order valence-electron chi connectivity index (χ2n) is 0.513. The molecule has 0 aromatic carbocycles. The number of hydrogen-bond acceptors (Lipinski definition) is 5. The summed E-state index contributed by atoms with van der Waals surface area (Å²) < 4.78 is 8.88. The summed E-state index contributed by atoms with van der Waals surface area (Å²) in [6.45, 7) is 0. The minimum Gasteiger partial charge on any atom is -0.344 e. The first kappa shape index (κ1) is 51.8. The molecule has 0 saturated carbocycles. The van der Waals surface area contributed by atoms with Gasteiger partial charge in [0.25, 0.3) is 0 Å². The van der Waals surface area contributed by atoms with Gasteiger partial charge in [-0.2, -0.15) is 0 Å². The standard InChI is InChI=1S/FH.4H3N.H3O4P/c;;;;;1-5(2,3)4/h1H;4*1H3;(H3,1,2,3,4). The lowest BCUT2D eigenvalue weighted by Crippen LogP contribution is -1.66. The molecule has 10 heteroatoms. The molecule has 0 rings (SSSR count). The zero-order valence-corrected chi connectivity index (χ0v) is 6.33. The van der Waals surface area contributed by atoms with Crippen LogP contribution in [0.4, 0.5) is 4.70 Å². The highest BCUT2D eigenvalue weighted by Crippen LogP contribution is 2.25. The van der Waals surface area contributed by atoms with Crippen molar-refractivity contribution in [2.45, 2.75) is 0 Å². The van der Waals surface area contributed by atoms with Crippen molar-refractivity contribution in [3.05, 3.63) is 0 Å². The molecule has 0 radical (unpaired) electrons. The predicted molar refractivity (Wildman–Crippen MR) is 36.9 cm³/mol. The molecule has 8 nitrogen and oxygen atoms in total. The molecule has 0 bridgehead atoms. The molecule has 0 unspecified atom stereocenters. The molecule has 0 saturated heterocycles. The van der Waals surface area contributed by atoms with Gasteiger partial charge in [-0.25, -0.2) is 4.57 Å². The van der Waals surface area contributed by atoms with Crippen LogP contribution in [0.1, 0.15) is 0 Å². The zero-order valence-electron chi connectivity index (χ0n) is 5.43. The molecular weight excluding hydrogens is 170 g/mol. The van der Waals surface area contributed by atoms with E-state index in [0.717, 1.165) is 0 Å². The Morgan fingerprint density at radius 3 is 0.800 bits per heavy atom. The Bertz CT molecular complexity index is 63.4. The highest BCUT2D eigenvalue weighted by molar-refractivity contribution is 7.45. The van der Waals surface area contributed by atoms with E-state index in [1.807, 2.05) is 0 Å². The van der Waals surface area contributed by atoms with Crippen LogP contribution in [0.2, 0.25) is 0 Å². The van der Waals surface area contributed by atoms with Crippen molar-refractivity contribution in [1.29, 1.82) is 0 Å². The quantitative estimate of drug-likeness (QED) is 0.252. The molecule has 0 spiro atoms. The largest absolute Gasteiger partial charge is 0.466 e. The summed E-state index contributed by atoms with van der Waals surface area (Å²) in [7, 11) is -4.64. The minimum atomic E-state index is -4.64. The second kappa shape index (κ2) is 15.9. The van der Waals surface area contributed by atoms with Crippen molar-refractivity contribution in [3.63, 3.8) is 0 Å². The van der Waals surface area contributed by atoms with Gasteiger partial charge in [-0.15, -0.1) is 0 Å². The first-order valence-corrected chi connectivity index (χ1v) is 2.35. The van der Waals surface area contributed by atoms with Gasteiger partial charge in [-0.1, -0.05) is 0 Å². The van der Waals surface area contributed by atoms with Crippen LogP contribution in [0.15, 0.2) is 0 Å². The molecular formula is H16FN4O4P. The molecule has 0 aliphatic heterocycles. The van der Waals surface area contributed by atoms with E-state index in [9.17, 15) is 0 Å². The molecule has 0 heterocycles. The molecule has 0 aliphatic rings. The van der Waals surface area contributed by atoms with E-state index in [2.05, 4.69) is 0 Å². The Kier molecular flexibility index (Phi) is 82.5. The summed E-state index contributed by atoms with van der Waals surface area (Å²) in [5.74, 6) is 0. The van der Waals surface area contributed by atoms with Crippen LogP contribution >= 0.6 is 7.82 Å². The maximum absolute atomic E-state index is 8.88. The van der Waals surface area contributed by atoms with Crippen LogP contribution in [-0.4, -0.2) is 14.7 Å². The zero-order chi connectivity index (χ0) is 4.50. The van der Waals surface area contributed by atoms with E-state index in [4.69, 9.17) is 19.2 Å². The van der Waals surface area contributed by atoms with Gasteiger partial charge < -0.3 is 39.3 Å². The molecule has 0 amide bonds. The van der Waals surface area contributed by atoms with Gasteiger partial charge in [0, 0.05) is 0 Å². The molecule has 72 valence electrons. The summed E-state index contributed by atoms with van der Waals surface area (Å²) in [5.41, 5.74) is 0. The molecule has 10 heavy (non-hydrogen) atoms. The van der Waals surface area contributed by atoms with Crippen LogP contribution in [0.5, 0.6) is 0 Å². The van der Waals surface area contributed by atoms with Gasteiger partial charge in [0.15, 0.2) is 0 Å². The fraction of sp³-hybridized carbons (Fsp3) is 0. The van der Waals surface area contributed by atoms with E-state index in [-0.39, 0.29) is 29.3 Å². The normalized spacial score (nSPS) is 5.90. The fourth-order valence-electron chi connectivity index (χ4n) is 0. The molecule has 0 atom stereocenters. The maximum Gasteiger partial charge on any atom is 0.466 e. The van der Waals surface area contributed by atoms with Crippen molar-refractivity contribution in [3.8, 4) is 0 Å². The molecule has 15 N–H and O–H groups in total. The SMILES string of the molecule is F.N.N.N.N.O=P(O)(O)O. The van der Waals surface area contributed by atoms with Gasteiger partial charge in [0.1, 0.15) is 0 Å². The van der Waals surface area contributed by atoms with Crippen molar-refractivity contribution in [2.24, 2.45) is 0 Å². The Morgan fingerprint density at radius 1 is 0.800 bits per heavy atom. The van der Waals surface area contributed by atoms with Gasteiger partial charge in [-0.3, -0.25) is 4.70 Å². The van der Waals surface area contributed by atoms with E-state index >= 15 is 0 Å². The Morgan fingerprint density at radius 2 is 0.800 bits per heavy atom. The van der Waals surface area contributed by atoms with E-state index in [0.29, 0.717) is 0 Å². The summed E-state index contributed by atoms with van der Waals surface area (Å²) in [4.78, 5) is 21.6. The summed E-state index contributed by atoms with van der Waals surface area (Å²) in [5, 5.41) is 0. The minimum absolute atomic E-state index is 0. The smallest absolute Gasteiger partial charge is 0.344 e. The fourth-order valence-corrected chi connectivity index (χ4v) is 0. The van der Waals surface area contributed by atoms with Crippen LogP contribution in [-0.2, 0) is 4.57 Å². The van der Waals surface area contributed by atoms with E-state index < -0.39 is 7.82 Å². The van der Waals surface area contributed by atoms with E-state index in [1.165, 1.54) is 0 Å². The third-order valence-electron chi connectivity index (χ3n) is 0. The van der Waals surface area contributed by atoms with Crippen LogP contribution in [0.3, 0.4) is 0 Å². The third-order valence-corrected chi connectivity index (χ3v) is 0. The predicted octanol–water partition coefficient (Wildman–Crippen LogP) is -0.128. The lowest BCUT2D eigenvalue weighted by molar-refractivity contribution is 0.275. The van der Waals surface area contributed by atoms with Crippen LogP contribution in [0.25, 0.3) is 0 Å². The van der Waals surface area contributed by atoms with Crippen molar-refractivity contribution < 1.29 is 23.9 Å². The van der Waals surface area contributed by atoms with Crippen LogP contribution in [0, 0.1) is 0 Å². The van der Waals surface area contributed by atoms with Crippen molar-refractivity contribution >= 4 is 7.82 Å². The maximum atomic E-state index is 8.88. The summed E-state index contributed by atoms with van der Waals surface area (Å²) >= 11 is 0. The number of phosphoric acid groups is 1. The van der Waals surface area contributed by atoms with Crippen molar-refractivity contribution in [1.82, 2.24) is 24.6 Å². The second-order valence-corrected chi connectivity index (χ2v) is 1.54. The number of halogens is 1. The van der Waals surface area contributed by atoms with Crippen molar-refractivity contribution in [2.75, 3.05) is 0 Å². The van der Waals surface area contributed by atoms with E-state index in [1.54, 1.807) is 0 Å². The molecule has 0 aromatic rings. The lowest BCUT2D eigenvalue weighted by Gasteiger charge is -1.82. The average Bonchev–Trinajstić information content (AvgIpc) is 0.722. The summed E-state index contributed by atoms with van der Waals surface area (Å²) in [6, 6.07) is 0. The Balaban J connectivity index is -0.00000000800. The topological polar surface area (TPSA) is 218 Å². The summed E-state index contributed by atoms with van der Waals surface area (Å²) in [6.07, 6.45) is 0. The highest BCUT2D eigenvalue weighted by atomic mass is 31.2. The highest BCUT2D eigenvalue weighted by Gasteiger charge is 2.00. The lowest BCUT2D eigenvalue weighted by atomic mass is 14.0. The van der Waals surface area contributed by atoms with Gasteiger partial charge >= 0.3 is 7.82 Å². The number of hydrogen-bond donors (Lipinski definition) is 7. The van der Waals surface area contributed by atoms with Crippen LogP contribution < -0.4 is 24.6 Å². The first-order valence-electron chi connectivity index (χ1n) is 0.783. The third kappa shape index (κ3) is 25900. The monoisotopic (exact) mass is 186 g/mol. The van der Waals surface area contributed by atoms with Gasteiger partial charge in [-0.05, 0) is 0 Å². The molecule has 0 aliphatic carbocycles. The van der Waals surface area contributed by atoms with Gasteiger partial charge in [0.05, 0.1) is 0 Å². The first-order chi connectivity index (χ1) is 2.00. The average molecular weight is 186 g/mol. The number of rotatable bonds is 0.